The Morgan fingerprint density at radius 3 is 2.42 bits per heavy atom. The minimum atomic E-state index is -3.26. The second-order valence-corrected chi connectivity index (χ2v) is 4.52. The second kappa shape index (κ2) is 4.94. The number of oxime groups is 1. The average molecular weight is 196 g/mol. The third-order valence-corrected chi connectivity index (χ3v) is 2.83. The number of hydrogen-bond acceptors (Lipinski definition) is 5. The van der Waals surface area contributed by atoms with Gasteiger partial charge in [-0.15, -0.1) is 0 Å². The summed E-state index contributed by atoms with van der Waals surface area (Å²) in [5.41, 5.74) is 5.05. The summed E-state index contributed by atoms with van der Waals surface area (Å²) in [4.78, 5) is 0. The monoisotopic (exact) mass is 196 g/mol. The fourth-order valence-electron chi connectivity index (χ4n) is 0.551. The molecule has 0 amide bonds. The maximum absolute atomic E-state index is 10.9. The molecule has 0 atom stereocenters. The first-order valence-corrected chi connectivity index (χ1v) is 5.11. The van der Waals surface area contributed by atoms with Crippen molar-refractivity contribution in [2.45, 2.75) is 6.42 Å². The van der Waals surface area contributed by atoms with Gasteiger partial charge in [0.05, 0.1) is 18.1 Å². The zero-order chi connectivity index (χ0) is 9.61. The van der Waals surface area contributed by atoms with Crippen molar-refractivity contribution < 1.29 is 18.7 Å². The summed E-state index contributed by atoms with van der Waals surface area (Å²) in [5.74, 6) is -0.619. The van der Waals surface area contributed by atoms with Crippen LogP contribution in [0.2, 0.25) is 0 Å². The molecule has 7 heteroatoms. The Morgan fingerprint density at radius 1 is 1.42 bits per heavy atom. The summed E-state index contributed by atoms with van der Waals surface area (Å²) in [6, 6.07) is 0. The average Bonchev–Trinajstić information content (AvgIpc) is 2.00. The fourth-order valence-corrected chi connectivity index (χ4v) is 1.55. The third-order valence-electron chi connectivity index (χ3n) is 1.20. The molecule has 0 radical (unpaired) electrons. The zero-order valence-electron chi connectivity index (χ0n) is 6.47. The molecule has 4 N–H and O–H groups in total. The topological polar surface area (TPSA) is 113 Å². The van der Waals surface area contributed by atoms with E-state index in [9.17, 15) is 8.42 Å². The summed E-state index contributed by atoms with van der Waals surface area (Å²) < 4.78 is 21.8. The number of aliphatic hydroxyl groups is 1. The van der Waals surface area contributed by atoms with E-state index < -0.39 is 16.4 Å². The highest BCUT2D eigenvalue weighted by Gasteiger charge is 2.10. The Labute approximate surface area is 70.6 Å². The van der Waals surface area contributed by atoms with Crippen LogP contribution in [0.25, 0.3) is 0 Å². The summed E-state index contributed by atoms with van der Waals surface area (Å²) in [6.45, 7) is -0.404. The van der Waals surface area contributed by atoms with Crippen molar-refractivity contribution in [2.75, 3.05) is 18.1 Å². The number of nitrogens with zero attached hydrogens (tertiary/aromatic N) is 1. The molecule has 0 unspecified atom stereocenters. The lowest BCUT2D eigenvalue weighted by Crippen LogP contribution is -2.20. The molecule has 0 saturated carbocycles. The molecule has 6 nitrogen and oxygen atoms in total. The zero-order valence-corrected chi connectivity index (χ0v) is 7.29. The van der Waals surface area contributed by atoms with Crippen molar-refractivity contribution in [1.82, 2.24) is 0 Å². The van der Waals surface area contributed by atoms with Gasteiger partial charge in [-0.2, -0.15) is 0 Å². The van der Waals surface area contributed by atoms with Gasteiger partial charge >= 0.3 is 0 Å². The van der Waals surface area contributed by atoms with Crippen LogP contribution in [0.4, 0.5) is 0 Å². The maximum Gasteiger partial charge on any atom is 0.153 e. The Morgan fingerprint density at radius 2 is 2.00 bits per heavy atom. The Balaban J connectivity index is 3.93. The fraction of sp³-hybridized carbons (Fsp3) is 0.800. The first-order valence-electron chi connectivity index (χ1n) is 3.29. The molecule has 0 spiro atoms. The molecule has 0 aromatic rings. The van der Waals surface area contributed by atoms with Gasteiger partial charge in [-0.3, -0.25) is 0 Å². The first kappa shape index (κ1) is 11.2. The van der Waals surface area contributed by atoms with Crippen LogP contribution >= 0.6 is 0 Å². The minimum Gasteiger partial charge on any atom is -0.409 e. The summed E-state index contributed by atoms with van der Waals surface area (Å²) in [5, 5.41) is 19.0. The van der Waals surface area contributed by atoms with Crippen molar-refractivity contribution in [1.29, 1.82) is 0 Å². The van der Waals surface area contributed by atoms with Crippen LogP contribution in [-0.4, -0.2) is 42.7 Å². The molecule has 0 aromatic heterocycles. The van der Waals surface area contributed by atoms with Crippen LogP contribution in [0.5, 0.6) is 0 Å². The highest BCUT2D eigenvalue weighted by Crippen LogP contribution is 1.93. The Bertz CT molecular complexity index is 246. The molecule has 0 bridgehead atoms. The van der Waals surface area contributed by atoms with E-state index in [0.717, 1.165) is 0 Å². The number of amidine groups is 1. The van der Waals surface area contributed by atoms with Gasteiger partial charge in [0.15, 0.2) is 9.84 Å². The largest absolute Gasteiger partial charge is 0.409 e. The van der Waals surface area contributed by atoms with Crippen LogP contribution in [0.3, 0.4) is 0 Å². The highest BCUT2D eigenvalue weighted by atomic mass is 32.2. The van der Waals surface area contributed by atoms with Gasteiger partial charge in [-0.1, -0.05) is 5.16 Å². The van der Waals surface area contributed by atoms with Gasteiger partial charge in [0, 0.05) is 6.42 Å². The number of sulfone groups is 1. The van der Waals surface area contributed by atoms with E-state index in [4.69, 9.17) is 16.0 Å². The number of hydrogen-bond donors (Lipinski definition) is 3. The van der Waals surface area contributed by atoms with E-state index >= 15 is 0 Å². The van der Waals surface area contributed by atoms with E-state index in [0.29, 0.717) is 0 Å². The molecule has 12 heavy (non-hydrogen) atoms. The molecule has 0 fully saturated rings. The maximum atomic E-state index is 10.9. The Hall–Kier alpha value is -0.820. The van der Waals surface area contributed by atoms with Crippen molar-refractivity contribution in [3.63, 3.8) is 0 Å². The summed E-state index contributed by atoms with van der Waals surface area (Å²) in [7, 11) is -3.26. The van der Waals surface area contributed by atoms with Gasteiger partial charge in [0.2, 0.25) is 0 Å². The molecule has 0 aliphatic rings. The molecule has 0 rings (SSSR count). The van der Waals surface area contributed by atoms with Crippen LogP contribution in [0.1, 0.15) is 6.42 Å². The second-order valence-electron chi connectivity index (χ2n) is 2.22. The molecule has 0 aliphatic carbocycles. The van der Waals surface area contributed by atoms with Crippen LogP contribution in [-0.2, 0) is 9.84 Å². The van der Waals surface area contributed by atoms with E-state index in [1.54, 1.807) is 0 Å². The predicted octanol–water partition coefficient (Wildman–Crippen LogP) is -1.47. The van der Waals surface area contributed by atoms with Crippen molar-refractivity contribution >= 4 is 15.7 Å². The minimum absolute atomic E-state index is 0.0150. The Kier molecular flexibility index (Phi) is 4.60. The summed E-state index contributed by atoms with van der Waals surface area (Å²) >= 11 is 0. The van der Waals surface area contributed by atoms with Gasteiger partial charge in [-0.25, -0.2) is 8.42 Å². The predicted molar refractivity (Wildman–Crippen MR) is 43.8 cm³/mol. The summed E-state index contributed by atoms with van der Waals surface area (Å²) in [6.07, 6.45) is -0.0150. The van der Waals surface area contributed by atoms with E-state index in [1.807, 2.05) is 0 Å². The van der Waals surface area contributed by atoms with E-state index in [-0.39, 0.29) is 23.8 Å². The quantitative estimate of drug-likeness (QED) is 0.215. The van der Waals surface area contributed by atoms with Crippen molar-refractivity contribution in [2.24, 2.45) is 10.9 Å². The molecule has 0 aliphatic heterocycles. The highest BCUT2D eigenvalue weighted by molar-refractivity contribution is 7.91. The molecule has 0 saturated heterocycles. The number of aliphatic hydroxyl groups excluding tert-OH is 1. The lowest BCUT2D eigenvalue weighted by molar-refractivity contribution is 0.317. The number of nitrogens with two attached hydrogens (primary N) is 1. The normalized spacial score (nSPS) is 13.2. The van der Waals surface area contributed by atoms with Crippen LogP contribution in [0, 0.1) is 0 Å². The van der Waals surface area contributed by atoms with Crippen molar-refractivity contribution in [3.8, 4) is 0 Å². The number of rotatable bonds is 5. The lowest BCUT2D eigenvalue weighted by Gasteiger charge is -2.00. The standard InChI is InChI=1S/C5H12N2O4S/c6-5(7-9)1-3-12(10,11)4-2-8/h8-9H,1-4H2,(H2,6,7). The molecule has 0 aromatic carbocycles. The van der Waals surface area contributed by atoms with Crippen LogP contribution < -0.4 is 5.73 Å². The van der Waals surface area contributed by atoms with Gasteiger partial charge in [0.25, 0.3) is 0 Å². The molecule has 72 valence electrons. The van der Waals surface area contributed by atoms with E-state index in [2.05, 4.69) is 5.16 Å². The molecular formula is C5H12N2O4S. The SMILES string of the molecule is NC(CCS(=O)(=O)CCO)=NO. The molecule has 0 heterocycles. The lowest BCUT2D eigenvalue weighted by atomic mass is 10.5. The van der Waals surface area contributed by atoms with Gasteiger partial charge < -0.3 is 16.0 Å². The third kappa shape index (κ3) is 4.91. The smallest absolute Gasteiger partial charge is 0.153 e. The molecular weight excluding hydrogens is 184 g/mol. The van der Waals surface area contributed by atoms with E-state index in [1.165, 1.54) is 0 Å². The van der Waals surface area contributed by atoms with Crippen molar-refractivity contribution in [3.05, 3.63) is 0 Å². The van der Waals surface area contributed by atoms with Gasteiger partial charge in [-0.05, 0) is 0 Å². The first-order chi connectivity index (χ1) is 5.52. The van der Waals surface area contributed by atoms with Crippen LogP contribution in [0.15, 0.2) is 5.16 Å². The van der Waals surface area contributed by atoms with Gasteiger partial charge in [0.1, 0.15) is 5.84 Å².